The molecule has 0 aromatic carbocycles. The molecule has 120 valence electrons. The number of anilines is 1. The fraction of sp³-hybridized carbons (Fsp3) is 0.812. The highest BCUT2D eigenvalue weighted by molar-refractivity contribution is 7.15. The van der Waals surface area contributed by atoms with Crippen molar-refractivity contribution in [2.45, 2.75) is 72.3 Å². The Balaban J connectivity index is 2.18. The largest absolute Gasteiger partial charge is 0.372 e. The number of hydrogen-bond donors (Lipinski definition) is 1. The number of thiazole rings is 1. The van der Waals surface area contributed by atoms with Gasteiger partial charge in [0.1, 0.15) is 0 Å². The monoisotopic (exact) mass is 311 g/mol. The summed E-state index contributed by atoms with van der Waals surface area (Å²) in [4.78, 5) is 8.69. The van der Waals surface area contributed by atoms with Crippen LogP contribution in [0.1, 0.15) is 58.0 Å². The van der Waals surface area contributed by atoms with Crippen molar-refractivity contribution >= 4 is 16.5 Å². The molecule has 1 aliphatic heterocycles. The fourth-order valence-corrected chi connectivity index (χ4v) is 3.88. The van der Waals surface area contributed by atoms with Gasteiger partial charge in [0.25, 0.3) is 0 Å². The molecule has 1 aromatic rings. The van der Waals surface area contributed by atoms with E-state index in [2.05, 4.69) is 51.8 Å². The minimum Gasteiger partial charge on any atom is -0.372 e. The summed E-state index contributed by atoms with van der Waals surface area (Å²) >= 11 is 1.84. The van der Waals surface area contributed by atoms with E-state index in [-0.39, 0.29) is 12.2 Å². The molecule has 0 saturated carbocycles. The molecule has 0 spiro atoms. The molecule has 0 radical (unpaired) electrons. The maximum Gasteiger partial charge on any atom is 0.186 e. The van der Waals surface area contributed by atoms with Crippen LogP contribution in [0.2, 0.25) is 0 Å². The second-order valence-electron chi connectivity index (χ2n) is 6.66. The fourth-order valence-electron chi connectivity index (χ4n) is 2.69. The summed E-state index contributed by atoms with van der Waals surface area (Å²) < 4.78 is 5.82. The predicted molar refractivity (Wildman–Crippen MR) is 90.4 cm³/mol. The Hall–Kier alpha value is -0.650. The van der Waals surface area contributed by atoms with Crippen LogP contribution in [0.15, 0.2) is 0 Å². The van der Waals surface area contributed by atoms with Crippen molar-refractivity contribution in [3.63, 3.8) is 0 Å². The Labute approximate surface area is 132 Å². The molecule has 1 fully saturated rings. The van der Waals surface area contributed by atoms with Crippen LogP contribution in [0.3, 0.4) is 0 Å². The predicted octanol–water partition coefficient (Wildman–Crippen LogP) is 3.38. The molecule has 4 nitrogen and oxygen atoms in total. The van der Waals surface area contributed by atoms with E-state index < -0.39 is 0 Å². The summed E-state index contributed by atoms with van der Waals surface area (Å²) in [6, 6.07) is 0.499. The van der Waals surface area contributed by atoms with E-state index in [1.807, 2.05) is 11.3 Å². The van der Waals surface area contributed by atoms with E-state index >= 15 is 0 Å². The summed E-state index contributed by atoms with van der Waals surface area (Å²) in [5, 5.41) is 4.67. The SMILES string of the molecule is CC(C)NCc1sc(N2C[C@@H](C)O[C@@H](C)C2)nc1C(C)C. The number of hydrogen-bond acceptors (Lipinski definition) is 5. The third-order valence-corrected chi connectivity index (χ3v) is 4.76. The molecule has 2 atom stereocenters. The van der Waals surface area contributed by atoms with Gasteiger partial charge in [0.05, 0.1) is 17.9 Å². The zero-order valence-electron chi connectivity index (χ0n) is 14.1. The van der Waals surface area contributed by atoms with Crippen molar-refractivity contribution < 1.29 is 4.74 Å². The number of morpholine rings is 1. The third kappa shape index (κ3) is 4.41. The van der Waals surface area contributed by atoms with Crippen LogP contribution in [0.25, 0.3) is 0 Å². The van der Waals surface area contributed by atoms with Crippen LogP contribution in [0.5, 0.6) is 0 Å². The first-order valence-corrected chi connectivity index (χ1v) is 8.81. The number of ether oxygens (including phenoxy) is 1. The van der Waals surface area contributed by atoms with Crippen molar-refractivity contribution in [2.75, 3.05) is 18.0 Å². The lowest BCUT2D eigenvalue weighted by molar-refractivity contribution is -0.00523. The summed E-state index contributed by atoms with van der Waals surface area (Å²) in [6.07, 6.45) is 0.551. The Morgan fingerprint density at radius 2 is 1.86 bits per heavy atom. The molecule has 0 aliphatic carbocycles. The Bertz CT molecular complexity index is 448. The van der Waals surface area contributed by atoms with Gasteiger partial charge in [-0.2, -0.15) is 0 Å². The topological polar surface area (TPSA) is 37.4 Å². The second kappa shape index (κ2) is 7.07. The molecule has 2 heterocycles. The Morgan fingerprint density at radius 1 is 1.24 bits per heavy atom. The van der Waals surface area contributed by atoms with Gasteiger partial charge in [-0.05, 0) is 19.8 Å². The van der Waals surface area contributed by atoms with Gasteiger partial charge in [-0.15, -0.1) is 11.3 Å². The Kier molecular flexibility index (Phi) is 5.63. The maximum atomic E-state index is 5.82. The maximum absolute atomic E-state index is 5.82. The van der Waals surface area contributed by atoms with E-state index in [9.17, 15) is 0 Å². The third-order valence-electron chi connectivity index (χ3n) is 3.62. The minimum absolute atomic E-state index is 0.275. The van der Waals surface area contributed by atoms with Crippen molar-refractivity contribution in [1.29, 1.82) is 0 Å². The quantitative estimate of drug-likeness (QED) is 0.904. The number of nitrogens with zero attached hydrogens (tertiary/aromatic N) is 2. The highest BCUT2D eigenvalue weighted by Crippen LogP contribution is 2.32. The van der Waals surface area contributed by atoms with Gasteiger partial charge in [0.15, 0.2) is 5.13 Å². The van der Waals surface area contributed by atoms with Crippen LogP contribution < -0.4 is 10.2 Å². The van der Waals surface area contributed by atoms with Crippen molar-refractivity contribution in [1.82, 2.24) is 10.3 Å². The summed E-state index contributed by atoms with van der Waals surface area (Å²) in [5.41, 5.74) is 1.25. The van der Waals surface area contributed by atoms with Crippen LogP contribution in [0, 0.1) is 0 Å². The van der Waals surface area contributed by atoms with Crippen LogP contribution >= 0.6 is 11.3 Å². The van der Waals surface area contributed by atoms with Gasteiger partial charge in [0.2, 0.25) is 0 Å². The average molecular weight is 311 g/mol. The van der Waals surface area contributed by atoms with E-state index in [4.69, 9.17) is 9.72 Å². The normalized spacial score (nSPS) is 23.3. The Morgan fingerprint density at radius 3 is 2.38 bits per heavy atom. The summed E-state index contributed by atoms with van der Waals surface area (Å²) in [6.45, 7) is 15.9. The van der Waals surface area contributed by atoms with Crippen LogP contribution in [-0.4, -0.2) is 36.3 Å². The van der Waals surface area contributed by atoms with Crippen molar-refractivity contribution in [3.05, 3.63) is 10.6 Å². The second-order valence-corrected chi connectivity index (χ2v) is 7.72. The van der Waals surface area contributed by atoms with Gasteiger partial charge < -0.3 is 15.0 Å². The smallest absolute Gasteiger partial charge is 0.186 e. The van der Waals surface area contributed by atoms with E-state index in [0.29, 0.717) is 12.0 Å². The zero-order chi connectivity index (χ0) is 15.6. The van der Waals surface area contributed by atoms with Crippen molar-refractivity contribution in [2.24, 2.45) is 0 Å². The standard InChI is InChI=1S/C16H29N3OS/c1-10(2)15-14(7-17-11(3)4)21-16(18-15)19-8-12(5)20-13(6)9-19/h10-13,17H,7-9H2,1-6H3/t12-,13+. The van der Waals surface area contributed by atoms with Crippen LogP contribution in [0.4, 0.5) is 5.13 Å². The molecule has 0 bridgehead atoms. The lowest BCUT2D eigenvalue weighted by atomic mass is 10.1. The highest BCUT2D eigenvalue weighted by atomic mass is 32.1. The molecular weight excluding hydrogens is 282 g/mol. The molecular formula is C16H29N3OS. The number of aromatic nitrogens is 1. The molecule has 5 heteroatoms. The first kappa shape index (κ1) is 16.7. The van der Waals surface area contributed by atoms with Gasteiger partial charge in [0, 0.05) is 30.6 Å². The minimum atomic E-state index is 0.275. The van der Waals surface area contributed by atoms with Crippen LogP contribution in [-0.2, 0) is 11.3 Å². The molecule has 1 N–H and O–H groups in total. The molecule has 1 aromatic heterocycles. The molecule has 2 rings (SSSR count). The van der Waals surface area contributed by atoms with Gasteiger partial charge in [-0.1, -0.05) is 27.7 Å². The number of nitrogens with one attached hydrogen (secondary N) is 1. The lowest BCUT2D eigenvalue weighted by Gasteiger charge is -2.35. The molecule has 21 heavy (non-hydrogen) atoms. The summed E-state index contributed by atoms with van der Waals surface area (Å²) in [7, 11) is 0. The average Bonchev–Trinajstić information content (AvgIpc) is 2.79. The van der Waals surface area contributed by atoms with Gasteiger partial charge >= 0.3 is 0 Å². The van der Waals surface area contributed by atoms with E-state index in [1.54, 1.807) is 0 Å². The van der Waals surface area contributed by atoms with Gasteiger partial charge in [-0.3, -0.25) is 0 Å². The first-order chi connectivity index (χ1) is 9.86. The van der Waals surface area contributed by atoms with E-state index in [1.165, 1.54) is 10.6 Å². The highest BCUT2D eigenvalue weighted by Gasteiger charge is 2.26. The first-order valence-electron chi connectivity index (χ1n) is 8.00. The number of rotatable bonds is 5. The molecule has 1 saturated heterocycles. The van der Waals surface area contributed by atoms with Crippen molar-refractivity contribution in [3.8, 4) is 0 Å². The zero-order valence-corrected chi connectivity index (χ0v) is 15.0. The summed E-state index contributed by atoms with van der Waals surface area (Å²) in [5.74, 6) is 0.467. The van der Waals surface area contributed by atoms with Gasteiger partial charge in [-0.25, -0.2) is 4.98 Å². The molecule has 0 amide bonds. The van der Waals surface area contributed by atoms with E-state index in [0.717, 1.165) is 24.8 Å². The molecule has 1 aliphatic rings. The lowest BCUT2D eigenvalue weighted by Crippen LogP contribution is -2.45. The molecule has 0 unspecified atom stereocenters.